The quantitative estimate of drug-likeness (QED) is 0.547. The summed E-state index contributed by atoms with van der Waals surface area (Å²) in [5.41, 5.74) is 5.49. The molecule has 1 aromatic carbocycles. The third-order valence-electron chi connectivity index (χ3n) is 1.44. The van der Waals surface area contributed by atoms with Gasteiger partial charge in [0, 0.05) is 0 Å². The average molecular weight is 237 g/mol. The van der Waals surface area contributed by atoms with Gasteiger partial charge in [-0.25, -0.2) is 0 Å². The van der Waals surface area contributed by atoms with Crippen molar-refractivity contribution in [2.24, 2.45) is 5.73 Å². The number of nitrogens with two attached hydrogens (primary N) is 1. The minimum atomic E-state index is -0.532. The SMILES string of the molecule is NC(=O)C=Cc1ccc([As])cc1O. The van der Waals surface area contributed by atoms with Gasteiger partial charge in [0.1, 0.15) is 0 Å². The Morgan fingerprint density at radius 2 is 2.23 bits per heavy atom. The summed E-state index contributed by atoms with van der Waals surface area (Å²) < 4.78 is 0.904. The molecule has 0 aromatic heterocycles. The van der Waals surface area contributed by atoms with Crippen molar-refractivity contribution < 1.29 is 9.90 Å². The number of phenolic OH excluding ortho intramolecular Hbond substituents is 1. The molecule has 0 bridgehead atoms. The van der Waals surface area contributed by atoms with Crippen LogP contribution in [0.25, 0.3) is 6.08 Å². The number of aromatic hydroxyl groups is 1. The second kappa shape index (κ2) is 4.15. The number of amides is 1. The first kappa shape index (κ1) is 9.87. The van der Waals surface area contributed by atoms with E-state index >= 15 is 0 Å². The number of hydrogen-bond donors (Lipinski definition) is 2. The molecule has 0 aliphatic heterocycles. The first-order chi connectivity index (χ1) is 6.09. The first-order valence-corrected chi connectivity index (χ1v) is 4.53. The molecular formula is C9H8AsNO2. The molecule has 1 amide bonds. The van der Waals surface area contributed by atoms with Crippen LogP contribution in [-0.2, 0) is 4.79 Å². The van der Waals surface area contributed by atoms with E-state index in [2.05, 4.69) is 16.9 Å². The van der Waals surface area contributed by atoms with E-state index in [1.165, 1.54) is 12.2 Å². The van der Waals surface area contributed by atoms with E-state index in [1.807, 2.05) is 6.07 Å². The molecule has 0 heterocycles. The Kier molecular flexibility index (Phi) is 3.15. The van der Waals surface area contributed by atoms with Crippen LogP contribution < -0.4 is 10.1 Å². The van der Waals surface area contributed by atoms with Crippen LogP contribution in [0.3, 0.4) is 0 Å². The van der Waals surface area contributed by atoms with Gasteiger partial charge in [-0.3, -0.25) is 0 Å². The Labute approximate surface area is 84.8 Å². The van der Waals surface area contributed by atoms with Gasteiger partial charge in [0.15, 0.2) is 0 Å². The van der Waals surface area contributed by atoms with Gasteiger partial charge in [-0.05, 0) is 0 Å². The molecule has 0 saturated carbocycles. The molecule has 66 valence electrons. The zero-order valence-corrected chi connectivity index (χ0v) is 8.64. The molecule has 0 fully saturated rings. The molecule has 1 aromatic rings. The van der Waals surface area contributed by atoms with Gasteiger partial charge in [0.05, 0.1) is 0 Å². The van der Waals surface area contributed by atoms with Crippen LogP contribution in [0.2, 0.25) is 0 Å². The van der Waals surface area contributed by atoms with E-state index < -0.39 is 5.91 Å². The summed E-state index contributed by atoms with van der Waals surface area (Å²) in [6.45, 7) is 0. The number of primary amides is 1. The Balaban J connectivity index is 2.96. The molecule has 3 nitrogen and oxygen atoms in total. The molecular weight excluding hydrogens is 229 g/mol. The van der Waals surface area contributed by atoms with E-state index in [1.54, 1.807) is 12.1 Å². The van der Waals surface area contributed by atoms with Crippen molar-refractivity contribution in [3.63, 3.8) is 0 Å². The third-order valence-corrected chi connectivity index (χ3v) is 2.02. The van der Waals surface area contributed by atoms with Crippen molar-refractivity contribution in [3.05, 3.63) is 29.8 Å². The fourth-order valence-corrected chi connectivity index (χ4v) is 1.26. The van der Waals surface area contributed by atoms with Crippen molar-refractivity contribution in [3.8, 4) is 5.75 Å². The molecule has 2 radical (unpaired) electrons. The van der Waals surface area contributed by atoms with Gasteiger partial charge in [-0.1, -0.05) is 0 Å². The topological polar surface area (TPSA) is 63.3 Å². The zero-order chi connectivity index (χ0) is 9.84. The molecule has 0 aliphatic carbocycles. The Bertz CT molecular complexity index is 361. The van der Waals surface area contributed by atoms with E-state index in [0.29, 0.717) is 5.56 Å². The summed E-state index contributed by atoms with van der Waals surface area (Å²) >= 11 is 2.32. The second-order valence-corrected chi connectivity index (χ2v) is 3.56. The summed E-state index contributed by atoms with van der Waals surface area (Å²) in [7, 11) is 0. The first-order valence-electron chi connectivity index (χ1n) is 3.59. The summed E-state index contributed by atoms with van der Waals surface area (Å²) in [6.07, 6.45) is 2.68. The normalized spacial score (nSPS) is 10.5. The molecule has 0 saturated heterocycles. The van der Waals surface area contributed by atoms with E-state index in [9.17, 15) is 9.90 Å². The molecule has 0 unspecified atom stereocenters. The molecule has 0 aliphatic rings. The predicted octanol–water partition coefficient (Wildman–Crippen LogP) is -0.316. The van der Waals surface area contributed by atoms with Crippen LogP contribution >= 0.6 is 0 Å². The molecule has 0 spiro atoms. The van der Waals surface area contributed by atoms with Crippen molar-refractivity contribution in [1.82, 2.24) is 0 Å². The van der Waals surface area contributed by atoms with Crippen LogP contribution in [0.1, 0.15) is 5.56 Å². The number of benzene rings is 1. The Hall–Kier alpha value is -1.21. The number of carbonyl (C=O) groups is 1. The zero-order valence-electron chi connectivity index (χ0n) is 6.77. The van der Waals surface area contributed by atoms with Crippen LogP contribution in [-0.4, -0.2) is 27.9 Å². The Morgan fingerprint density at radius 1 is 1.54 bits per heavy atom. The van der Waals surface area contributed by atoms with Crippen LogP contribution in [0, 0.1) is 0 Å². The number of phenols is 1. The number of hydrogen-bond acceptors (Lipinski definition) is 2. The minimum absolute atomic E-state index is 0.135. The van der Waals surface area contributed by atoms with Gasteiger partial charge in [0.2, 0.25) is 0 Å². The second-order valence-electron chi connectivity index (χ2n) is 2.48. The van der Waals surface area contributed by atoms with Gasteiger partial charge >= 0.3 is 84.4 Å². The summed E-state index contributed by atoms with van der Waals surface area (Å²) in [4.78, 5) is 10.4. The van der Waals surface area contributed by atoms with E-state index in [-0.39, 0.29) is 5.75 Å². The van der Waals surface area contributed by atoms with E-state index in [4.69, 9.17) is 5.73 Å². The van der Waals surface area contributed by atoms with Crippen molar-refractivity contribution in [2.75, 3.05) is 0 Å². The van der Waals surface area contributed by atoms with Gasteiger partial charge in [-0.15, -0.1) is 0 Å². The summed E-state index contributed by atoms with van der Waals surface area (Å²) in [6, 6.07) is 5.13. The molecule has 4 heteroatoms. The van der Waals surface area contributed by atoms with Gasteiger partial charge in [0.25, 0.3) is 0 Å². The van der Waals surface area contributed by atoms with Crippen molar-refractivity contribution in [1.29, 1.82) is 0 Å². The third kappa shape index (κ3) is 2.96. The van der Waals surface area contributed by atoms with Crippen molar-refractivity contribution in [2.45, 2.75) is 0 Å². The van der Waals surface area contributed by atoms with E-state index in [0.717, 1.165) is 4.35 Å². The molecule has 3 N–H and O–H groups in total. The number of carbonyl (C=O) groups excluding carboxylic acids is 1. The predicted molar refractivity (Wildman–Crippen MR) is 51.7 cm³/mol. The van der Waals surface area contributed by atoms with Gasteiger partial charge < -0.3 is 0 Å². The number of rotatable bonds is 2. The molecule has 0 atom stereocenters. The maximum atomic E-state index is 10.4. The fourth-order valence-electron chi connectivity index (χ4n) is 0.845. The van der Waals surface area contributed by atoms with Gasteiger partial charge in [-0.2, -0.15) is 0 Å². The molecule has 1 rings (SSSR count). The van der Waals surface area contributed by atoms with Crippen molar-refractivity contribution >= 4 is 33.2 Å². The standard InChI is InChI=1S/C9H8AsNO2/c10-7-3-1-6(8(12)5-7)2-4-9(11)13/h1-5,12H,(H2,11,13). The van der Waals surface area contributed by atoms with Crippen LogP contribution in [0.5, 0.6) is 5.75 Å². The maximum absolute atomic E-state index is 10.4. The fraction of sp³-hybridized carbons (Fsp3) is 0. The van der Waals surface area contributed by atoms with Crippen LogP contribution in [0.4, 0.5) is 0 Å². The average Bonchev–Trinajstić information content (AvgIpc) is 2.02. The Morgan fingerprint density at radius 3 is 2.77 bits per heavy atom. The summed E-state index contributed by atoms with van der Waals surface area (Å²) in [5.74, 6) is -0.397. The summed E-state index contributed by atoms with van der Waals surface area (Å²) in [5, 5.41) is 9.39. The molecule has 13 heavy (non-hydrogen) atoms. The monoisotopic (exact) mass is 237 g/mol. The van der Waals surface area contributed by atoms with Crippen LogP contribution in [0.15, 0.2) is 24.3 Å².